The molecule has 9 nitrogen and oxygen atoms in total. The number of carbonyl (C=O) groups excluding carboxylic acids is 1. The number of aromatic amines is 1. The maximum absolute atomic E-state index is 14.7. The SMILES string of the molecule is C=CC(=O)N1CCN(c2c(C#N)c(OC[C@@H]3CCCN3C)nc3c2CCN(c2c(C)ccc4[nH]c(F)c(C(F)(F)F)c24)C3)CC1. The van der Waals surface area contributed by atoms with Crippen LogP contribution in [0.3, 0.4) is 0 Å². The first-order chi connectivity index (χ1) is 21.5. The molecule has 0 bridgehead atoms. The Bertz CT molecular complexity index is 1690. The quantitative estimate of drug-likeness (QED) is 0.312. The van der Waals surface area contributed by atoms with Crippen molar-refractivity contribution in [2.75, 3.05) is 62.7 Å². The Balaban J connectivity index is 1.42. The lowest BCUT2D eigenvalue weighted by atomic mass is 9.96. The standard InChI is InChI=1S/C32H35F4N7O2/c1-4-25(44)41-12-14-42(15-13-41)29-21-9-11-43(28-19(2)7-8-23-26(28)27(30(33)38-23)32(34,35)36)17-24(21)39-31(22(29)16-37)45-18-20-6-5-10-40(20)3/h4,7-8,20,38H,1,5-6,9-15,17-18H2,2-3H3/t20-/m0/s1. The number of benzene rings is 1. The highest BCUT2D eigenvalue weighted by Crippen LogP contribution is 2.45. The van der Waals surface area contributed by atoms with Crippen molar-refractivity contribution >= 4 is 28.2 Å². The molecule has 45 heavy (non-hydrogen) atoms. The average molecular weight is 626 g/mol. The fourth-order valence-electron chi connectivity index (χ4n) is 6.94. The zero-order chi connectivity index (χ0) is 32.0. The third kappa shape index (κ3) is 5.56. The summed E-state index contributed by atoms with van der Waals surface area (Å²) < 4.78 is 63.2. The van der Waals surface area contributed by atoms with Gasteiger partial charge in [0.25, 0.3) is 0 Å². The Morgan fingerprint density at radius 3 is 2.58 bits per heavy atom. The van der Waals surface area contributed by atoms with Gasteiger partial charge in [-0.15, -0.1) is 0 Å². The Morgan fingerprint density at radius 2 is 1.93 bits per heavy atom. The van der Waals surface area contributed by atoms with E-state index in [1.165, 1.54) is 12.1 Å². The van der Waals surface area contributed by atoms with Gasteiger partial charge in [0.15, 0.2) is 0 Å². The summed E-state index contributed by atoms with van der Waals surface area (Å²) in [6.07, 6.45) is -1.20. The molecule has 6 rings (SSSR count). The van der Waals surface area contributed by atoms with Gasteiger partial charge >= 0.3 is 6.18 Å². The largest absolute Gasteiger partial charge is 0.475 e. The Hall–Kier alpha value is -4.31. The number of hydrogen-bond donors (Lipinski definition) is 1. The normalized spacial score (nSPS) is 19.1. The Labute approximate surface area is 258 Å². The molecule has 238 valence electrons. The van der Waals surface area contributed by atoms with Gasteiger partial charge in [0.1, 0.15) is 23.8 Å². The van der Waals surface area contributed by atoms with Gasteiger partial charge in [-0.2, -0.15) is 22.8 Å². The van der Waals surface area contributed by atoms with E-state index in [2.05, 4.69) is 27.4 Å². The van der Waals surface area contributed by atoms with Gasteiger partial charge in [0.05, 0.1) is 29.1 Å². The molecular weight excluding hydrogens is 590 g/mol. The maximum atomic E-state index is 14.7. The molecule has 2 saturated heterocycles. The molecule has 3 aliphatic rings. The molecule has 0 aliphatic carbocycles. The van der Waals surface area contributed by atoms with Crippen LogP contribution in [-0.4, -0.2) is 84.6 Å². The molecule has 0 saturated carbocycles. The number of amides is 1. The van der Waals surface area contributed by atoms with Crippen LogP contribution in [0.25, 0.3) is 10.9 Å². The molecule has 1 N–H and O–H groups in total. The lowest BCUT2D eigenvalue weighted by Gasteiger charge is -2.39. The number of nitrogens with zero attached hydrogens (tertiary/aromatic N) is 6. The van der Waals surface area contributed by atoms with Crippen LogP contribution in [0.5, 0.6) is 5.88 Å². The van der Waals surface area contributed by atoms with Crippen molar-refractivity contribution in [1.29, 1.82) is 5.26 Å². The number of alkyl halides is 3. The van der Waals surface area contributed by atoms with Crippen molar-refractivity contribution in [2.45, 2.75) is 44.9 Å². The summed E-state index contributed by atoms with van der Waals surface area (Å²) >= 11 is 0. The van der Waals surface area contributed by atoms with Crippen LogP contribution in [0.15, 0.2) is 24.8 Å². The number of likely N-dealkylation sites (tertiary alicyclic amines) is 1. The van der Waals surface area contributed by atoms with Crippen LogP contribution >= 0.6 is 0 Å². The van der Waals surface area contributed by atoms with E-state index in [-0.39, 0.29) is 35.3 Å². The van der Waals surface area contributed by atoms with E-state index < -0.39 is 17.7 Å². The molecule has 2 aromatic heterocycles. The summed E-state index contributed by atoms with van der Waals surface area (Å²) in [7, 11) is 2.03. The first-order valence-corrected chi connectivity index (χ1v) is 15.1. The maximum Gasteiger partial charge on any atom is 0.421 e. The zero-order valence-corrected chi connectivity index (χ0v) is 25.3. The number of ether oxygens (including phenoxy) is 1. The fraction of sp³-hybridized carbons (Fsp3) is 0.469. The molecule has 0 radical (unpaired) electrons. The number of nitriles is 1. The smallest absolute Gasteiger partial charge is 0.421 e. The summed E-state index contributed by atoms with van der Waals surface area (Å²) in [6, 6.07) is 5.64. The van der Waals surface area contributed by atoms with Crippen molar-refractivity contribution in [1.82, 2.24) is 19.8 Å². The number of fused-ring (bicyclic) bond motifs is 2. The highest BCUT2D eigenvalue weighted by atomic mass is 19.4. The monoisotopic (exact) mass is 625 g/mol. The summed E-state index contributed by atoms with van der Waals surface area (Å²) in [5, 5.41) is 10.2. The van der Waals surface area contributed by atoms with Crippen molar-refractivity contribution in [2.24, 2.45) is 0 Å². The molecule has 1 aromatic carbocycles. The third-order valence-electron chi connectivity index (χ3n) is 9.26. The van der Waals surface area contributed by atoms with Crippen molar-refractivity contribution in [3.8, 4) is 11.9 Å². The summed E-state index contributed by atoms with van der Waals surface area (Å²) in [5.41, 5.74) is 2.06. The lowest BCUT2D eigenvalue weighted by Crippen LogP contribution is -2.49. The number of H-pyrrole nitrogens is 1. The van der Waals surface area contributed by atoms with E-state index in [9.17, 15) is 27.6 Å². The van der Waals surface area contributed by atoms with E-state index in [4.69, 9.17) is 9.72 Å². The van der Waals surface area contributed by atoms with Gasteiger partial charge in [-0.05, 0) is 57.5 Å². The van der Waals surface area contributed by atoms with E-state index in [1.807, 2.05) is 7.05 Å². The highest BCUT2D eigenvalue weighted by Gasteiger charge is 2.40. The molecule has 3 aromatic rings. The minimum atomic E-state index is -4.89. The van der Waals surface area contributed by atoms with Gasteiger partial charge in [-0.25, -0.2) is 4.98 Å². The molecule has 0 unspecified atom stereocenters. The second kappa shape index (κ2) is 11.9. The molecule has 13 heteroatoms. The van der Waals surface area contributed by atoms with Crippen molar-refractivity contribution in [3.63, 3.8) is 0 Å². The number of anilines is 2. The predicted molar refractivity (Wildman–Crippen MR) is 162 cm³/mol. The van der Waals surface area contributed by atoms with Gasteiger partial charge in [0.2, 0.25) is 17.7 Å². The topological polar surface area (TPSA) is 91.7 Å². The molecule has 3 aliphatic heterocycles. The van der Waals surface area contributed by atoms with E-state index in [0.29, 0.717) is 73.9 Å². The van der Waals surface area contributed by atoms with Crippen LogP contribution < -0.4 is 14.5 Å². The van der Waals surface area contributed by atoms with Gasteiger partial charge in [0, 0.05) is 49.7 Å². The third-order valence-corrected chi connectivity index (χ3v) is 9.26. The number of hydrogen-bond acceptors (Lipinski definition) is 7. The first kappa shape index (κ1) is 30.7. The van der Waals surface area contributed by atoms with Crippen molar-refractivity contribution in [3.05, 3.63) is 58.7 Å². The molecule has 0 spiro atoms. The van der Waals surface area contributed by atoms with Crippen LogP contribution in [0, 0.1) is 24.2 Å². The van der Waals surface area contributed by atoms with Crippen LogP contribution in [0.2, 0.25) is 0 Å². The number of rotatable bonds is 6. The number of nitrogens with one attached hydrogen (secondary N) is 1. The zero-order valence-electron chi connectivity index (χ0n) is 25.3. The molecule has 2 fully saturated rings. The van der Waals surface area contributed by atoms with Gasteiger partial charge in [-0.3, -0.25) is 4.79 Å². The Morgan fingerprint density at radius 1 is 1.18 bits per heavy atom. The lowest BCUT2D eigenvalue weighted by molar-refractivity contribution is -0.138. The molecule has 5 heterocycles. The van der Waals surface area contributed by atoms with Gasteiger partial charge < -0.3 is 29.3 Å². The number of carbonyl (C=O) groups is 1. The van der Waals surface area contributed by atoms with E-state index >= 15 is 0 Å². The average Bonchev–Trinajstić information content (AvgIpc) is 3.59. The Kier molecular flexibility index (Phi) is 8.11. The number of halogens is 4. The van der Waals surface area contributed by atoms with E-state index in [1.54, 1.807) is 22.8 Å². The number of aryl methyl sites for hydroxylation is 1. The minimum Gasteiger partial charge on any atom is -0.475 e. The summed E-state index contributed by atoms with van der Waals surface area (Å²) in [6.45, 7) is 8.92. The fourth-order valence-corrected chi connectivity index (χ4v) is 6.94. The molecular formula is C32H35F4N7O2. The van der Waals surface area contributed by atoms with E-state index in [0.717, 1.165) is 24.9 Å². The van der Waals surface area contributed by atoms with Crippen LogP contribution in [-0.2, 0) is 23.9 Å². The first-order valence-electron chi connectivity index (χ1n) is 15.1. The van der Waals surface area contributed by atoms with Crippen LogP contribution in [0.4, 0.5) is 28.9 Å². The van der Waals surface area contributed by atoms with Crippen molar-refractivity contribution < 1.29 is 27.1 Å². The highest BCUT2D eigenvalue weighted by molar-refractivity contribution is 5.98. The molecule has 1 amide bonds. The number of likely N-dealkylation sites (N-methyl/N-ethyl adjacent to an activating group) is 1. The second-order valence-corrected chi connectivity index (χ2v) is 11.9. The second-order valence-electron chi connectivity index (χ2n) is 11.9. The number of piperazine rings is 1. The molecule has 1 atom stereocenters. The summed E-state index contributed by atoms with van der Waals surface area (Å²) in [4.78, 5) is 27.1. The summed E-state index contributed by atoms with van der Waals surface area (Å²) in [5.74, 6) is -1.38. The van der Waals surface area contributed by atoms with Crippen LogP contribution in [0.1, 0.15) is 40.8 Å². The minimum absolute atomic E-state index is 0.0661. The number of pyridine rings is 1. The predicted octanol–water partition coefficient (Wildman–Crippen LogP) is 4.77. The van der Waals surface area contributed by atoms with Gasteiger partial charge in [-0.1, -0.05) is 12.6 Å². The number of aromatic nitrogens is 2.